The number of carbonyl (C=O) groups is 2. The van der Waals surface area contributed by atoms with Crippen LogP contribution in [-0.4, -0.2) is 48.0 Å². The lowest BCUT2D eigenvalue weighted by Gasteiger charge is -2.17. The second-order valence-corrected chi connectivity index (χ2v) is 4.23. The molecule has 1 heterocycles. The van der Waals surface area contributed by atoms with Crippen LogP contribution in [0.1, 0.15) is 19.8 Å². The molecule has 0 aromatic heterocycles. The lowest BCUT2D eigenvalue weighted by molar-refractivity contribution is -0.126. The van der Waals surface area contributed by atoms with Gasteiger partial charge in [-0.2, -0.15) is 0 Å². The topological polar surface area (TPSA) is 52.7 Å². The van der Waals surface area contributed by atoms with Crippen molar-refractivity contribution in [3.05, 3.63) is 0 Å². The summed E-state index contributed by atoms with van der Waals surface area (Å²) in [5.74, 6) is 0.760. The standard InChI is InChI=1S/C10H17N3O2/c1-2-11-10(15)13-6-9(14)12(7-13)5-8-3-4-8/h8H,2-7H2,1H3,(H,11,15). The molecule has 3 amide bonds. The average Bonchev–Trinajstić information content (AvgIpc) is 2.92. The van der Waals surface area contributed by atoms with E-state index in [-0.39, 0.29) is 18.5 Å². The Kier molecular flexibility index (Phi) is 2.79. The van der Waals surface area contributed by atoms with Gasteiger partial charge < -0.3 is 10.2 Å². The Labute approximate surface area is 89.4 Å². The average molecular weight is 211 g/mol. The smallest absolute Gasteiger partial charge is 0.319 e. The molecule has 0 aromatic carbocycles. The molecule has 2 aliphatic rings. The van der Waals surface area contributed by atoms with Gasteiger partial charge in [-0.3, -0.25) is 9.69 Å². The van der Waals surface area contributed by atoms with Gasteiger partial charge in [0.1, 0.15) is 6.54 Å². The van der Waals surface area contributed by atoms with Crippen LogP contribution in [0.25, 0.3) is 0 Å². The maximum absolute atomic E-state index is 11.6. The number of nitrogens with zero attached hydrogens (tertiary/aromatic N) is 2. The molecule has 1 saturated carbocycles. The molecule has 5 heteroatoms. The van der Waals surface area contributed by atoms with Crippen molar-refractivity contribution in [2.45, 2.75) is 19.8 Å². The zero-order chi connectivity index (χ0) is 10.8. The van der Waals surface area contributed by atoms with E-state index < -0.39 is 0 Å². The third-order valence-electron chi connectivity index (χ3n) is 2.81. The minimum atomic E-state index is -0.135. The molecule has 0 unspecified atom stereocenters. The molecule has 2 fully saturated rings. The van der Waals surface area contributed by atoms with E-state index in [9.17, 15) is 9.59 Å². The molecular weight excluding hydrogens is 194 g/mol. The molecule has 1 N–H and O–H groups in total. The van der Waals surface area contributed by atoms with E-state index in [4.69, 9.17) is 0 Å². The van der Waals surface area contributed by atoms with Crippen LogP contribution in [0.4, 0.5) is 4.79 Å². The molecule has 0 spiro atoms. The Morgan fingerprint density at radius 2 is 2.27 bits per heavy atom. The third kappa shape index (κ3) is 2.40. The lowest BCUT2D eigenvalue weighted by Crippen LogP contribution is -2.39. The quantitative estimate of drug-likeness (QED) is 0.726. The predicted octanol–water partition coefficient (Wildman–Crippen LogP) is 0.228. The number of rotatable bonds is 3. The summed E-state index contributed by atoms with van der Waals surface area (Å²) < 4.78 is 0. The summed E-state index contributed by atoms with van der Waals surface area (Å²) in [6.45, 7) is 4.00. The van der Waals surface area contributed by atoms with Crippen LogP contribution < -0.4 is 5.32 Å². The molecule has 0 atom stereocenters. The van der Waals surface area contributed by atoms with Crippen molar-refractivity contribution in [2.24, 2.45) is 5.92 Å². The van der Waals surface area contributed by atoms with Gasteiger partial charge in [0.05, 0.1) is 6.67 Å². The van der Waals surface area contributed by atoms with E-state index in [0.717, 1.165) is 6.54 Å². The van der Waals surface area contributed by atoms with Crippen LogP contribution in [-0.2, 0) is 4.79 Å². The minimum Gasteiger partial charge on any atom is -0.338 e. The third-order valence-corrected chi connectivity index (χ3v) is 2.81. The minimum absolute atomic E-state index is 0.0770. The summed E-state index contributed by atoms with van der Waals surface area (Å²) in [5.41, 5.74) is 0. The Morgan fingerprint density at radius 3 is 2.87 bits per heavy atom. The first-order valence-electron chi connectivity index (χ1n) is 5.51. The van der Waals surface area contributed by atoms with Crippen LogP contribution >= 0.6 is 0 Å². The van der Waals surface area contributed by atoms with Crippen molar-refractivity contribution in [2.75, 3.05) is 26.3 Å². The first-order valence-corrected chi connectivity index (χ1v) is 5.51. The van der Waals surface area contributed by atoms with Crippen molar-refractivity contribution >= 4 is 11.9 Å². The van der Waals surface area contributed by atoms with Gasteiger partial charge in [0.25, 0.3) is 0 Å². The van der Waals surface area contributed by atoms with Crippen LogP contribution in [0.2, 0.25) is 0 Å². The fourth-order valence-electron chi connectivity index (χ4n) is 1.77. The summed E-state index contributed by atoms with van der Waals surface area (Å²) in [6, 6.07) is -0.135. The van der Waals surface area contributed by atoms with E-state index in [1.807, 2.05) is 6.92 Å². The van der Waals surface area contributed by atoms with E-state index in [1.54, 1.807) is 9.80 Å². The fourth-order valence-corrected chi connectivity index (χ4v) is 1.77. The van der Waals surface area contributed by atoms with E-state index in [2.05, 4.69) is 5.32 Å². The molecule has 1 saturated heterocycles. The maximum atomic E-state index is 11.6. The Bertz CT molecular complexity index is 276. The second kappa shape index (κ2) is 4.08. The molecule has 0 radical (unpaired) electrons. The highest BCUT2D eigenvalue weighted by molar-refractivity contribution is 5.87. The zero-order valence-corrected chi connectivity index (χ0v) is 9.03. The van der Waals surface area contributed by atoms with E-state index in [0.29, 0.717) is 19.1 Å². The van der Waals surface area contributed by atoms with Gasteiger partial charge in [-0.1, -0.05) is 0 Å². The van der Waals surface area contributed by atoms with E-state index in [1.165, 1.54) is 12.8 Å². The fraction of sp³-hybridized carbons (Fsp3) is 0.800. The molecule has 1 aliphatic carbocycles. The highest BCUT2D eigenvalue weighted by Gasteiger charge is 2.34. The summed E-state index contributed by atoms with van der Waals surface area (Å²) in [5, 5.41) is 2.71. The van der Waals surface area contributed by atoms with Crippen LogP contribution in [0, 0.1) is 5.92 Å². The predicted molar refractivity (Wildman–Crippen MR) is 55.1 cm³/mol. The largest absolute Gasteiger partial charge is 0.338 e. The molecule has 1 aliphatic heterocycles. The number of amides is 3. The Hall–Kier alpha value is -1.26. The molecule has 2 rings (SSSR count). The van der Waals surface area contributed by atoms with Crippen LogP contribution in [0.5, 0.6) is 0 Å². The SMILES string of the molecule is CCNC(=O)N1CC(=O)N(CC2CC2)C1. The highest BCUT2D eigenvalue weighted by Crippen LogP contribution is 2.30. The van der Waals surface area contributed by atoms with Gasteiger partial charge in [-0.15, -0.1) is 0 Å². The maximum Gasteiger partial charge on any atom is 0.319 e. The molecular formula is C10H17N3O2. The first-order chi connectivity index (χ1) is 7.20. The van der Waals surface area contributed by atoms with Gasteiger partial charge in [-0.25, -0.2) is 4.79 Å². The Morgan fingerprint density at radius 1 is 1.53 bits per heavy atom. The van der Waals surface area contributed by atoms with Gasteiger partial charge in [0.15, 0.2) is 0 Å². The van der Waals surface area contributed by atoms with Gasteiger partial charge in [0.2, 0.25) is 5.91 Å². The molecule has 0 aromatic rings. The van der Waals surface area contributed by atoms with Crippen LogP contribution in [0.15, 0.2) is 0 Å². The van der Waals surface area contributed by atoms with Crippen molar-refractivity contribution in [1.29, 1.82) is 0 Å². The molecule has 0 bridgehead atoms. The van der Waals surface area contributed by atoms with E-state index >= 15 is 0 Å². The van der Waals surface area contributed by atoms with Crippen LogP contribution in [0.3, 0.4) is 0 Å². The normalized spacial score (nSPS) is 21.0. The monoisotopic (exact) mass is 211 g/mol. The number of hydrogen-bond acceptors (Lipinski definition) is 2. The first kappa shape index (κ1) is 10.3. The summed E-state index contributed by atoms with van der Waals surface area (Å²) >= 11 is 0. The number of urea groups is 1. The van der Waals surface area contributed by atoms with Gasteiger partial charge in [-0.05, 0) is 25.7 Å². The second-order valence-electron chi connectivity index (χ2n) is 4.23. The Balaban J connectivity index is 1.84. The summed E-state index contributed by atoms with van der Waals surface area (Å²) in [7, 11) is 0. The molecule has 84 valence electrons. The van der Waals surface area contributed by atoms with Crippen molar-refractivity contribution in [1.82, 2.24) is 15.1 Å². The number of carbonyl (C=O) groups excluding carboxylic acids is 2. The lowest BCUT2D eigenvalue weighted by atomic mass is 10.4. The molecule has 15 heavy (non-hydrogen) atoms. The van der Waals surface area contributed by atoms with Gasteiger partial charge >= 0.3 is 6.03 Å². The summed E-state index contributed by atoms with van der Waals surface area (Å²) in [4.78, 5) is 26.4. The number of nitrogens with one attached hydrogen (secondary N) is 1. The summed E-state index contributed by atoms with van der Waals surface area (Å²) in [6.07, 6.45) is 2.45. The highest BCUT2D eigenvalue weighted by atomic mass is 16.2. The molecule has 5 nitrogen and oxygen atoms in total. The van der Waals surface area contributed by atoms with Crippen molar-refractivity contribution in [3.63, 3.8) is 0 Å². The van der Waals surface area contributed by atoms with Crippen molar-refractivity contribution < 1.29 is 9.59 Å². The van der Waals surface area contributed by atoms with Gasteiger partial charge in [0, 0.05) is 13.1 Å². The van der Waals surface area contributed by atoms with Crippen molar-refractivity contribution in [3.8, 4) is 0 Å². The number of hydrogen-bond donors (Lipinski definition) is 1. The zero-order valence-electron chi connectivity index (χ0n) is 9.03.